The summed E-state index contributed by atoms with van der Waals surface area (Å²) >= 11 is 1.40. The predicted molar refractivity (Wildman–Crippen MR) is 133 cm³/mol. The number of amidine groups is 1. The molecule has 3 aliphatic rings. The van der Waals surface area contributed by atoms with Crippen LogP contribution in [0.2, 0.25) is 0 Å². The smallest absolute Gasteiger partial charge is 0.338 e. The minimum absolute atomic E-state index is 0.108. The Hall–Kier alpha value is -2.69. The molecule has 188 valence electrons. The molecule has 0 saturated carbocycles. The fraction of sp³-hybridized carbons (Fsp3) is 0.480. The number of ether oxygens (including phenoxy) is 2. The minimum Gasteiger partial charge on any atom is -0.466 e. The number of nitrogens with zero attached hydrogens (tertiary/aromatic N) is 3. The molecule has 1 N–H and O–H groups in total. The first-order chi connectivity index (χ1) is 17.0. The maximum Gasteiger partial charge on any atom is 0.338 e. The molecule has 1 aromatic rings. The summed E-state index contributed by atoms with van der Waals surface area (Å²) < 4.78 is 24.6. The van der Waals surface area contributed by atoms with Gasteiger partial charge in [0.1, 0.15) is 5.82 Å². The average molecular weight is 503 g/mol. The topological polar surface area (TPSA) is 83.5 Å². The number of rotatable bonds is 9. The van der Waals surface area contributed by atoms with Crippen LogP contribution in [0.15, 0.2) is 51.6 Å². The molecule has 3 heterocycles. The average Bonchev–Trinajstić information content (AvgIpc) is 3.27. The van der Waals surface area contributed by atoms with Gasteiger partial charge in [0.25, 0.3) is 0 Å². The van der Waals surface area contributed by atoms with Crippen LogP contribution in [0, 0.1) is 5.82 Å². The van der Waals surface area contributed by atoms with Gasteiger partial charge in [-0.1, -0.05) is 30.8 Å². The Bertz CT molecular complexity index is 1050. The predicted octanol–water partition coefficient (Wildman–Crippen LogP) is 3.19. The summed E-state index contributed by atoms with van der Waals surface area (Å²) in [7, 11) is 1.32. The number of hydrogen-bond acceptors (Lipinski definition) is 8. The molecule has 35 heavy (non-hydrogen) atoms. The second-order valence-corrected chi connectivity index (χ2v) is 9.33. The number of aliphatic imine (C=N–C) groups is 1. The molecular formula is C25H31FN4O4S. The number of nitrogens with one attached hydrogen (secondary N) is 1. The van der Waals surface area contributed by atoms with E-state index in [9.17, 15) is 14.0 Å². The molecule has 0 aromatic heterocycles. The van der Waals surface area contributed by atoms with Gasteiger partial charge in [0.15, 0.2) is 5.17 Å². The van der Waals surface area contributed by atoms with Crippen molar-refractivity contribution in [2.45, 2.75) is 32.2 Å². The van der Waals surface area contributed by atoms with Crippen molar-refractivity contribution in [1.82, 2.24) is 15.1 Å². The number of amides is 1. The van der Waals surface area contributed by atoms with E-state index in [1.165, 1.54) is 31.0 Å². The molecular weight excluding hydrogens is 471 g/mol. The van der Waals surface area contributed by atoms with Gasteiger partial charge in [-0.2, -0.15) is 0 Å². The highest BCUT2D eigenvalue weighted by Gasteiger charge is 2.41. The lowest BCUT2D eigenvalue weighted by molar-refractivity contribution is -0.136. The van der Waals surface area contributed by atoms with E-state index >= 15 is 0 Å². The van der Waals surface area contributed by atoms with Gasteiger partial charge in [-0.3, -0.25) is 9.69 Å². The van der Waals surface area contributed by atoms with Gasteiger partial charge in [-0.05, 0) is 42.5 Å². The van der Waals surface area contributed by atoms with Gasteiger partial charge in [-0.15, -0.1) is 0 Å². The molecule has 0 radical (unpaired) electrons. The highest BCUT2D eigenvalue weighted by atomic mass is 32.2. The summed E-state index contributed by atoms with van der Waals surface area (Å²) in [6.45, 7) is 6.77. The molecule has 8 nitrogen and oxygen atoms in total. The third-order valence-electron chi connectivity index (χ3n) is 6.21. The van der Waals surface area contributed by atoms with E-state index in [4.69, 9.17) is 9.47 Å². The van der Waals surface area contributed by atoms with Crippen molar-refractivity contribution >= 4 is 28.8 Å². The molecule has 0 spiro atoms. The Morgan fingerprint density at radius 3 is 2.83 bits per heavy atom. The van der Waals surface area contributed by atoms with Crippen LogP contribution in [0.3, 0.4) is 0 Å². The van der Waals surface area contributed by atoms with E-state index in [1.807, 2.05) is 17.2 Å². The lowest BCUT2D eigenvalue weighted by Gasteiger charge is -2.36. The van der Waals surface area contributed by atoms with Gasteiger partial charge < -0.3 is 19.7 Å². The second-order valence-electron chi connectivity index (χ2n) is 8.49. The van der Waals surface area contributed by atoms with Crippen LogP contribution in [0.1, 0.15) is 37.8 Å². The van der Waals surface area contributed by atoms with Gasteiger partial charge in [0.2, 0.25) is 5.91 Å². The number of methoxy groups -OCH3 is 1. The van der Waals surface area contributed by atoms with Crippen molar-refractivity contribution in [2.24, 2.45) is 4.99 Å². The van der Waals surface area contributed by atoms with Gasteiger partial charge in [0, 0.05) is 25.3 Å². The number of halogens is 1. The van der Waals surface area contributed by atoms with Crippen molar-refractivity contribution in [3.8, 4) is 0 Å². The maximum absolute atomic E-state index is 14.2. The summed E-state index contributed by atoms with van der Waals surface area (Å²) in [4.78, 5) is 34.5. The van der Waals surface area contributed by atoms with Crippen molar-refractivity contribution in [3.05, 3.63) is 58.0 Å². The molecule has 10 heteroatoms. The number of esters is 1. The summed E-state index contributed by atoms with van der Waals surface area (Å²) in [6.07, 6.45) is 1.51. The Kier molecular flexibility index (Phi) is 8.59. The highest BCUT2D eigenvalue weighted by Crippen LogP contribution is 2.45. The molecule has 3 aliphatic heterocycles. The quantitative estimate of drug-likeness (QED) is 0.410. The lowest BCUT2D eigenvalue weighted by atomic mass is 9.93. The molecule has 1 fully saturated rings. The van der Waals surface area contributed by atoms with Crippen molar-refractivity contribution in [3.63, 3.8) is 0 Å². The number of fused-ring (bicyclic) bond motifs is 1. The van der Waals surface area contributed by atoms with Gasteiger partial charge in [0.05, 0.1) is 44.1 Å². The highest BCUT2D eigenvalue weighted by molar-refractivity contribution is 8.16. The molecule has 0 bridgehead atoms. The first-order valence-corrected chi connectivity index (χ1v) is 12.8. The molecule has 1 aromatic carbocycles. The van der Waals surface area contributed by atoms with Gasteiger partial charge >= 0.3 is 5.97 Å². The molecule has 0 aliphatic carbocycles. The zero-order valence-corrected chi connectivity index (χ0v) is 20.9. The number of carbonyl (C=O) groups is 2. The van der Waals surface area contributed by atoms with Crippen LogP contribution in [-0.4, -0.2) is 73.3 Å². The fourth-order valence-corrected chi connectivity index (χ4v) is 5.42. The Labute approximate surface area is 209 Å². The maximum atomic E-state index is 14.2. The Balaban J connectivity index is 1.48. The molecule has 4 rings (SSSR count). The van der Waals surface area contributed by atoms with Crippen molar-refractivity contribution < 1.29 is 23.5 Å². The van der Waals surface area contributed by atoms with E-state index in [0.29, 0.717) is 40.7 Å². The molecule has 1 atom stereocenters. The van der Waals surface area contributed by atoms with Crippen LogP contribution in [0.5, 0.6) is 0 Å². The number of carbonyl (C=O) groups excluding carboxylic acids is 2. The SMILES string of the molecule is CCC1=C(C(=O)OC)[C@H](c2cccc(F)c2)N2C(CC(=O)NCCCN3CCOCC3)=CSC2=N1. The van der Waals surface area contributed by atoms with E-state index in [2.05, 4.69) is 15.2 Å². The summed E-state index contributed by atoms with van der Waals surface area (Å²) in [5, 5.41) is 5.54. The number of benzene rings is 1. The van der Waals surface area contributed by atoms with Crippen LogP contribution in [0.25, 0.3) is 0 Å². The summed E-state index contributed by atoms with van der Waals surface area (Å²) in [5.41, 5.74) is 2.28. The zero-order chi connectivity index (χ0) is 24.8. The zero-order valence-electron chi connectivity index (χ0n) is 20.1. The largest absolute Gasteiger partial charge is 0.466 e. The number of thioether (sulfide) groups is 1. The number of hydrogen-bond donors (Lipinski definition) is 1. The normalized spacial score (nSPS) is 20.3. The fourth-order valence-electron chi connectivity index (χ4n) is 4.49. The number of morpholine rings is 1. The van der Waals surface area contributed by atoms with Crippen LogP contribution >= 0.6 is 11.8 Å². The minimum atomic E-state index is -0.629. The van der Waals surface area contributed by atoms with Crippen LogP contribution in [0.4, 0.5) is 4.39 Å². The van der Waals surface area contributed by atoms with Crippen molar-refractivity contribution in [1.29, 1.82) is 0 Å². The van der Waals surface area contributed by atoms with E-state index < -0.39 is 17.8 Å². The molecule has 1 amide bonds. The number of allylic oxidation sites excluding steroid dienone is 1. The monoisotopic (exact) mass is 502 g/mol. The van der Waals surface area contributed by atoms with Crippen molar-refractivity contribution in [2.75, 3.05) is 46.5 Å². The first-order valence-electron chi connectivity index (χ1n) is 11.9. The van der Waals surface area contributed by atoms with Gasteiger partial charge in [-0.25, -0.2) is 14.2 Å². The van der Waals surface area contributed by atoms with E-state index in [-0.39, 0.29) is 12.3 Å². The summed E-state index contributed by atoms with van der Waals surface area (Å²) in [5.74, 6) is -1.02. The Morgan fingerprint density at radius 2 is 2.11 bits per heavy atom. The third-order valence-corrected chi connectivity index (χ3v) is 7.10. The second kappa shape index (κ2) is 11.8. The summed E-state index contributed by atoms with van der Waals surface area (Å²) in [6, 6.07) is 5.54. The van der Waals surface area contributed by atoms with E-state index in [0.717, 1.165) is 39.3 Å². The van der Waals surface area contributed by atoms with Crippen LogP contribution < -0.4 is 5.32 Å². The first kappa shape index (κ1) is 25.4. The van der Waals surface area contributed by atoms with E-state index in [1.54, 1.807) is 12.1 Å². The lowest BCUT2D eigenvalue weighted by Crippen LogP contribution is -2.39. The Morgan fingerprint density at radius 1 is 1.31 bits per heavy atom. The molecule has 0 unspecified atom stereocenters. The molecule has 1 saturated heterocycles. The third kappa shape index (κ3) is 5.94. The van der Waals surface area contributed by atoms with Crippen LogP contribution in [-0.2, 0) is 19.1 Å². The standard InChI is InChI=1S/C25H31FN4O4S/c1-3-20-22(24(32)33-2)23(17-6-4-7-18(26)14-17)30-19(16-35-25(30)28-20)15-21(31)27-8-5-9-29-10-12-34-13-11-29/h4,6-7,14,16,23H,3,5,8-13,15H2,1-2H3,(H,27,31)/t23-/m0/s1.